The Labute approximate surface area is 182 Å². The number of benzene rings is 1. The predicted octanol–water partition coefficient (Wildman–Crippen LogP) is 4.11. The first-order valence-corrected chi connectivity index (χ1v) is 10.6. The topological polar surface area (TPSA) is 85.4 Å². The molecule has 1 amide bonds. The number of nitrogens with one attached hydrogen (secondary N) is 2. The minimum atomic E-state index is -0.171. The van der Waals surface area contributed by atoms with Gasteiger partial charge in [0.15, 0.2) is 0 Å². The molecule has 2 aromatic heterocycles. The van der Waals surface area contributed by atoms with E-state index in [1.165, 1.54) is 25.2 Å². The van der Waals surface area contributed by atoms with E-state index in [9.17, 15) is 4.79 Å². The van der Waals surface area contributed by atoms with Crippen LogP contribution in [0, 0.1) is 6.92 Å². The lowest BCUT2D eigenvalue weighted by atomic mass is 9.91. The van der Waals surface area contributed by atoms with Crippen molar-refractivity contribution in [2.24, 2.45) is 0 Å². The van der Waals surface area contributed by atoms with Crippen LogP contribution in [0.4, 0.5) is 5.82 Å². The van der Waals surface area contributed by atoms with E-state index in [0.29, 0.717) is 17.5 Å². The van der Waals surface area contributed by atoms with Crippen LogP contribution >= 0.6 is 0 Å². The highest BCUT2D eigenvalue weighted by Crippen LogP contribution is 2.26. The number of fused-ring (bicyclic) bond motifs is 1. The SMILES string of the molecule is COc1ccc(C(=O)NC2CCC(Nc3cc(C)c4ccccc4n3)CC2)c(OC)n1. The highest BCUT2D eigenvalue weighted by Gasteiger charge is 2.24. The number of hydrogen-bond donors (Lipinski definition) is 2. The molecule has 31 heavy (non-hydrogen) atoms. The third-order valence-electron chi connectivity index (χ3n) is 5.82. The third-order valence-corrected chi connectivity index (χ3v) is 5.82. The molecule has 162 valence electrons. The lowest BCUT2D eigenvalue weighted by Gasteiger charge is -2.30. The molecule has 7 nitrogen and oxygen atoms in total. The number of aromatic nitrogens is 2. The van der Waals surface area contributed by atoms with Gasteiger partial charge in [0.2, 0.25) is 11.8 Å². The van der Waals surface area contributed by atoms with E-state index in [1.54, 1.807) is 12.1 Å². The summed E-state index contributed by atoms with van der Waals surface area (Å²) in [6.45, 7) is 2.12. The normalized spacial score (nSPS) is 18.4. The van der Waals surface area contributed by atoms with Crippen LogP contribution in [0.5, 0.6) is 11.8 Å². The second-order valence-electron chi connectivity index (χ2n) is 7.92. The zero-order chi connectivity index (χ0) is 21.8. The Morgan fingerprint density at radius 1 is 0.968 bits per heavy atom. The maximum absolute atomic E-state index is 12.7. The molecular formula is C24H28N4O3. The summed E-state index contributed by atoms with van der Waals surface area (Å²) in [5.41, 5.74) is 2.64. The average molecular weight is 421 g/mol. The molecule has 1 saturated carbocycles. The van der Waals surface area contributed by atoms with Gasteiger partial charge in [-0.3, -0.25) is 4.79 Å². The van der Waals surface area contributed by atoms with Crippen molar-refractivity contribution in [2.45, 2.75) is 44.7 Å². The Hall–Kier alpha value is -3.35. The molecule has 4 rings (SSSR count). The summed E-state index contributed by atoms with van der Waals surface area (Å²) in [7, 11) is 3.03. The van der Waals surface area contributed by atoms with E-state index in [0.717, 1.165) is 37.0 Å². The molecule has 3 aromatic rings. The minimum absolute atomic E-state index is 0.128. The fraction of sp³-hybridized carbons (Fsp3) is 0.375. The van der Waals surface area contributed by atoms with Gasteiger partial charge < -0.3 is 20.1 Å². The molecule has 0 atom stereocenters. The third kappa shape index (κ3) is 4.71. The molecule has 0 radical (unpaired) electrons. The Morgan fingerprint density at radius 3 is 2.45 bits per heavy atom. The number of pyridine rings is 2. The van der Waals surface area contributed by atoms with Crippen LogP contribution in [0.1, 0.15) is 41.6 Å². The van der Waals surface area contributed by atoms with E-state index in [2.05, 4.69) is 34.7 Å². The Bertz CT molecular complexity index is 1080. The van der Waals surface area contributed by atoms with Crippen molar-refractivity contribution in [3.8, 4) is 11.8 Å². The number of carbonyl (C=O) groups is 1. The second kappa shape index (κ2) is 9.20. The number of aryl methyl sites for hydroxylation is 1. The summed E-state index contributed by atoms with van der Waals surface area (Å²) in [4.78, 5) is 21.7. The van der Waals surface area contributed by atoms with Gasteiger partial charge in [0.25, 0.3) is 5.91 Å². The first-order chi connectivity index (χ1) is 15.1. The molecule has 1 aliphatic rings. The fourth-order valence-corrected chi connectivity index (χ4v) is 4.14. The number of para-hydroxylation sites is 1. The average Bonchev–Trinajstić information content (AvgIpc) is 2.80. The van der Waals surface area contributed by atoms with E-state index >= 15 is 0 Å². The standard InChI is InChI=1S/C24H28N4O3/c1-15-14-21(27-20-7-5-4-6-18(15)20)25-16-8-10-17(11-9-16)26-23(29)19-12-13-22(30-2)28-24(19)31-3/h4-7,12-14,16-17H,8-11H2,1-3H3,(H,25,27)(H,26,29). The first-order valence-electron chi connectivity index (χ1n) is 10.6. The number of rotatable bonds is 6. The smallest absolute Gasteiger partial charge is 0.256 e. The molecule has 1 aliphatic carbocycles. The van der Waals surface area contributed by atoms with E-state index in [1.807, 2.05) is 18.2 Å². The van der Waals surface area contributed by atoms with Gasteiger partial charge in [-0.25, -0.2) is 4.98 Å². The zero-order valence-electron chi connectivity index (χ0n) is 18.1. The number of methoxy groups -OCH3 is 2. The van der Waals surface area contributed by atoms with Crippen LogP contribution in [0.15, 0.2) is 42.5 Å². The highest BCUT2D eigenvalue weighted by atomic mass is 16.5. The fourth-order valence-electron chi connectivity index (χ4n) is 4.14. The van der Waals surface area contributed by atoms with E-state index in [4.69, 9.17) is 14.5 Å². The van der Waals surface area contributed by atoms with Crippen molar-refractivity contribution in [1.82, 2.24) is 15.3 Å². The monoisotopic (exact) mass is 420 g/mol. The molecule has 0 spiro atoms. The van der Waals surface area contributed by atoms with Crippen molar-refractivity contribution >= 4 is 22.6 Å². The van der Waals surface area contributed by atoms with Crippen LogP contribution < -0.4 is 20.1 Å². The summed E-state index contributed by atoms with van der Waals surface area (Å²) in [6, 6.07) is 14.1. The van der Waals surface area contributed by atoms with Gasteiger partial charge in [-0.2, -0.15) is 4.98 Å². The molecule has 0 aliphatic heterocycles. The summed E-state index contributed by atoms with van der Waals surface area (Å²) in [6.07, 6.45) is 3.75. The molecule has 1 aromatic carbocycles. The van der Waals surface area contributed by atoms with Crippen molar-refractivity contribution in [1.29, 1.82) is 0 Å². The largest absolute Gasteiger partial charge is 0.481 e. The summed E-state index contributed by atoms with van der Waals surface area (Å²) in [5, 5.41) is 7.89. The zero-order valence-corrected chi connectivity index (χ0v) is 18.1. The van der Waals surface area contributed by atoms with Gasteiger partial charge in [-0.1, -0.05) is 18.2 Å². The first kappa shape index (κ1) is 20.9. The molecule has 2 heterocycles. The van der Waals surface area contributed by atoms with Gasteiger partial charge in [0, 0.05) is 23.5 Å². The van der Waals surface area contributed by atoms with Crippen molar-refractivity contribution in [3.63, 3.8) is 0 Å². The minimum Gasteiger partial charge on any atom is -0.481 e. The maximum atomic E-state index is 12.7. The summed E-state index contributed by atoms with van der Waals surface area (Å²) >= 11 is 0. The molecule has 7 heteroatoms. The Balaban J connectivity index is 1.34. The molecule has 2 N–H and O–H groups in total. The van der Waals surface area contributed by atoms with Gasteiger partial charge in [0.05, 0.1) is 19.7 Å². The van der Waals surface area contributed by atoms with Gasteiger partial charge in [-0.15, -0.1) is 0 Å². The van der Waals surface area contributed by atoms with Crippen LogP contribution in [0.2, 0.25) is 0 Å². The second-order valence-corrected chi connectivity index (χ2v) is 7.92. The quantitative estimate of drug-likeness (QED) is 0.624. The van der Waals surface area contributed by atoms with Gasteiger partial charge in [0.1, 0.15) is 11.4 Å². The van der Waals surface area contributed by atoms with Crippen LogP contribution in [0.3, 0.4) is 0 Å². The molecule has 0 unspecified atom stereocenters. The lowest BCUT2D eigenvalue weighted by molar-refractivity contribution is 0.0922. The van der Waals surface area contributed by atoms with Gasteiger partial charge in [-0.05, 0) is 56.4 Å². The van der Waals surface area contributed by atoms with Crippen molar-refractivity contribution < 1.29 is 14.3 Å². The molecular weight excluding hydrogens is 392 g/mol. The summed E-state index contributed by atoms with van der Waals surface area (Å²) < 4.78 is 10.4. The maximum Gasteiger partial charge on any atom is 0.256 e. The summed E-state index contributed by atoms with van der Waals surface area (Å²) in [5.74, 6) is 1.43. The lowest BCUT2D eigenvalue weighted by Crippen LogP contribution is -2.40. The number of hydrogen-bond acceptors (Lipinski definition) is 6. The highest BCUT2D eigenvalue weighted by molar-refractivity contribution is 5.96. The molecule has 0 bridgehead atoms. The van der Waals surface area contributed by atoms with Crippen LogP contribution in [-0.2, 0) is 0 Å². The van der Waals surface area contributed by atoms with Crippen LogP contribution in [0.25, 0.3) is 10.9 Å². The molecule has 0 saturated heterocycles. The number of ether oxygens (including phenoxy) is 2. The number of carbonyl (C=O) groups excluding carboxylic acids is 1. The van der Waals surface area contributed by atoms with E-state index in [-0.39, 0.29) is 17.8 Å². The van der Waals surface area contributed by atoms with Crippen molar-refractivity contribution in [2.75, 3.05) is 19.5 Å². The predicted molar refractivity (Wildman–Crippen MR) is 121 cm³/mol. The van der Waals surface area contributed by atoms with Crippen molar-refractivity contribution in [3.05, 3.63) is 53.6 Å². The molecule has 1 fully saturated rings. The van der Waals surface area contributed by atoms with E-state index < -0.39 is 0 Å². The Kier molecular flexibility index (Phi) is 6.21. The number of nitrogens with zero attached hydrogens (tertiary/aromatic N) is 2. The number of amides is 1. The van der Waals surface area contributed by atoms with Crippen LogP contribution in [-0.4, -0.2) is 42.2 Å². The van der Waals surface area contributed by atoms with Gasteiger partial charge >= 0.3 is 0 Å². The Morgan fingerprint density at radius 2 is 1.71 bits per heavy atom. The number of anilines is 1.